The quantitative estimate of drug-likeness (QED) is 0.785. The number of benzene rings is 1. The molecule has 1 fully saturated rings. The third-order valence-electron chi connectivity index (χ3n) is 4.15. The zero-order chi connectivity index (χ0) is 15.6. The second-order valence-electron chi connectivity index (χ2n) is 5.88. The van der Waals surface area contributed by atoms with E-state index in [-0.39, 0.29) is 0 Å². The van der Waals surface area contributed by atoms with Gasteiger partial charge in [-0.1, -0.05) is 30.3 Å². The number of rotatable bonds is 5. The van der Waals surface area contributed by atoms with E-state index in [0.29, 0.717) is 18.2 Å². The lowest BCUT2D eigenvalue weighted by Crippen LogP contribution is -2.31. The molecule has 116 valence electrons. The molecule has 2 aromatic heterocycles. The number of nitrogens with zero attached hydrogens (tertiary/aromatic N) is 4. The van der Waals surface area contributed by atoms with E-state index in [1.165, 1.54) is 0 Å². The van der Waals surface area contributed by atoms with E-state index in [4.69, 9.17) is 0 Å². The van der Waals surface area contributed by atoms with E-state index in [1.54, 1.807) is 12.4 Å². The van der Waals surface area contributed by atoms with Crippen LogP contribution in [0.25, 0.3) is 11.2 Å². The maximum absolute atomic E-state index is 10.5. The largest absolute Gasteiger partial charge is 0.387 e. The molecular weight excluding hydrogens is 288 g/mol. The average Bonchev–Trinajstić information content (AvgIpc) is 3.45. The van der Waals surface area contributed by atoms with Gasteiger partial charge in [0.25, 0.3) is 0 Å². The fraction of sp³-hybridized carbons (Fsp3) is 0.278. The maximum Gasteiger partial charge on any atom is 0.180 e. The molecule has 1 N–H and O–H groups in total. The second kappa shape index (κ2) is 5.93. The fourth-order valence-corrected chi connectivity index (χ4v) is 2.79. The van der Waals surface area contributed by atoms with Crippen molar-refractivity contribution in [1.82, 2.24) is 15.0 Å². The highest BCUT2D eigenvalue weighted by Crippen LogP contribution is 2.32. The Balaban J connectivity index is 1.62. The first kappa shape index (κ1) is 14.1. The van der Waals surface area contributed by atoms with E-state index in [1.807, 2.05) is 42.5 Å². The number of pyridine rings is 1. The Bertz CT molecular complexity index is 804. The van der Waals surface area contributed by atoms with Crippen molar-refractivity contribution < 1.29 is 5.11 Å². The Morgan fingerprint density at radius 3 is 2.61 bits per heavy atom. The van der Waals surface area contributed by atoms with E-state index >= 15 is 0 Å². The normalized spacial score (nSPS) is 15.5. The van der Waals surface area contributed by atoms with Crippen LogP contribution in [-0.4, -0.2) is 32.6 Å². The molecule has 2 heterocycles. The van der Waals surface area contributed by atoms with Crippen LogP contribution in [0.5, 0.6) is 0 Å². The summed E-state index contributed by atoms with van der Waals surface area (Å²) in [6, 6.07) is 14.1. The van der Waals surface area contributed by atoms with Gasteiger partial charge in [0.15, 0.2) is 5.65 Å². The van der Waals surface area contributed by atoms with Gasteiger partial charge >= 0.3 is 0 Å². The van der Waals surface area contributed by atoms with Crippen LogP contribution in [0.3, 0.4) is 0 Å². The van der Waals surface area contributed by atoms with Gasteiger partial charge < -0.3 is 10.0 Å². The van der Waals surface area contributed by atoms with Gasteiger partial charge in [0, 0.05) is 25.0 Å². The molecule has 23 heavy (non-hydrogen) atoms. The number of hydrogen-bond donors (Lipinski definition) is 1. The van der Waals surface area contributed by atoms with Crippen LogP contribution in [0, 0.1) is 0 Å². The van der Waals surface area contributed by atoms with E-state index in [9.17, 15) is 5.11 Å². The van der Waals surface area contributed by atoms with Crippen molar-refractivity contribution in [3.63, 3.8) is 0 Å². The van der Waals surface area contributed by atoms with Gasteiger partial charge in [-0.3, -0.25) is 4.98 Å². The summed E-state index contributed by atoms with van der Waals surface area (Å²) in [6.07, 6.45) is 5.07. The van der Waals surface area contributed by atoms with E-state index in [2.05, 4.69) is 19.9 Å². The number of fused-ring (bicyclic) bond motifs is 1. The molecule has 5 heteroatoms. The number of aliphatic hydroxyl groups is 1. The molecule has 0 bridgehead atoms. The first-order valence-corrected chi connectivity index (χ1v) is 7.89. The Kier molecular flexibility index (Phi) is 3.63. The summed E-state index contributed by atoms with van der Waals surface area (Å²) in [7, 11) is 0. The SMILES string of the molecule is OC(CN(c1ccc2nccnc2n1)C1CC1)c1ccccc1. The average molecular weight is 306 g/mol. The summed E-state index contributed by atoms with van der Waals surface area (Å²) >= 11 is 0. The molecule has 0 saturated heterocycles. The molecule has 1 aliphatic rings. The molecule has 4 rings (SSSR count). The van der Waals surface area contributed by atoms with Crippen molar-refractivity contribution >= 4 is 17.0 Å². The first-order chi connectivity index (χ1) is 11.3. The van der Waals surface area contributed by atoms with Crippen LogP contribution < -0.4 is 4.90 Å². The Morgan fingerprint density at radius 1 is 1.04 bits per heavy atom. The predicted octanol–water partition coefficient (Wildman–Crippen LogP) is 2.73. The zero-order valence-corrected chi connectivity index (χ0v) is 12.7. The van der Waals surface area contributed by atoms with Gasteiger partial charge in [-0.25, -0.2) is 9.97 Å². The lowest BCUT2D eigenvalue weighted by Gasteiger charge is -2.26. The molecule has 1 aliphatic carbocycles. The minimum atomic E-state index is -0.531. The predicted molar refractivity (Wildman–Crippen MR) is 89.1 cm³/mol. The molecule has 3 aromatic rings. The molecule has 1 aromatic carbocycles. The van der Waals surface area contributed by atoms with E-state index in [0.717, 1.165) is 29.7 Å². The fourth-order valence-electron chi connectivity index (χ4n) is 2.79. The summed E-state index contributed by atoms with van der Waals surface area (Å²) in [5, 5.41) is 10.5. The Hall–Kier alpha value is -2.53. The molecule has 5 nitrogen and oxygen atoms in total. The lowest BCUT2D eigenvalue weighted by molar-refractivity contribution is 0.182. The van der Waals surface area contributed by atoms with Crippen LogP contribution >= 0.6 is 0 Å². The molecule has 0 aliphatic heterocycles. The van der Waals surface area contributed by atoms with Gasteiger partial charge in [-0.2, -0.15) is 0 Å². The number of hydrogen-bond acceptors (Lipinski definition) is 5. The number of anilines is 1. The smallest absolute Gasteiger partial charge is 0.180 e. The third kappa shape index (κ3) is 3.00. The highest BCUT2D eigenvalue weighted by Gasteiger charge is 2.31. The summed E-state index contributed by atoms with van der Waals surface area (Å²) in [4.78, 5) is 15.3. The second-order valence-corrected chi connectivity index (χ2v) is 5.88. The van der Waals surface area contributed by atoms with Crippen molar-refractivity contribution in [2.75, 3.05) is 11.4 Å². The Morgan fingerprint density at radius 2 is 1.83 bits per heavy atom. The summed E-state index contributed by atoms with van der Waals surface area (Å²) in [6.45, 7) is 0.535. The molecule has 0 amide bonds. The molecular formula is C18H18N4O. The zero-order valence-electron chi connectivity index (χ0n) is 12.7. The van der Waals surface area contributed by atoms with Crippen LogP contribution in [-0.2, 0) is 0 Å². The number of aromatic nitrogens is 3. The van der Waals surface area contributed by atoms with Gasteiger partial charge in [-0.05, 0) is 30.5 Å². The van der Waals surface area contributed by atoms with E-state index < -0.39 is 6.10 Å². The molecule has 0 spiro atoms. The molecule has 1 unspecified atom stereocenters. The first-order valence-electron chi connectivity index (χ1n) is 7.89. The molecule has 1 atom stereocenters. The summed E-state index contributed by atoms with van der Waals surface area (Å²) in [5.41, 5.74) is 2.36. The van der Waals surface area contributed by atoms with Crippen molar-refractivity contribution in [1.29, 1.82) is 0 Å². The minimum absolute atomic E-state index is 0.454. The van der Waals surface area contributed by atoms with Gasteiger partial charge in [-0.15, -0.1) is 0 Å². The van der Waals surface area contributed by atoms with Crippen LogP contribution in [0.15, 0.2) is 54.9 Å². The summed E-state index contributed by atoms with van der Waals surface area (Å²) in [5.74, 6) is 0.857. The van der Waals surface area contributed by atoms with Crippen LogP contribution in [0.2, 0.25) is 0 Å². The van der Waals surface area contributed by atoms with Gasteiger partial charge in [0.05, 0.1) is 6.10 Å². The minimum Gasteiger partial charge on any atom is -0.387 e. The van der Waals surface area contributed by atoms with Crippen molar-refractivity contribution in [2.24, 2.45) is 0 Å². The highest BCUT2D eigenvalue weighted by molar-refractivity contribution is 5.71. The highest BCUT2D eigenvalue weighted by atomic mass is 16.3. The lowest BCUT2D eigenvalue weighted by atomic mass is 10.1. The van der Waals surface area contributed by atoms with Crippen LogP contribution in [0.1, 0.15) is 24.5 Å². The van der Waals surface area contributed by atoms with Crippen molar-refractivity contribution in [2.45, 2.75) is 25.0 Å². The topological polar surface area (TPSA) is 62.1 Å². The Labute approximate surface area is 134 Å². The standard InChI is InChI=1S/C18H18N4O/c23-16(13-4-2-1-3-5-13)12-22(14-6-7-14)17-9-8-15-18(21-17)20-11-10-19-15/h1-5,8-11,14,16,23H,6-7,12H2. The van der Waals surface area contributed by atoms with Gasteiger partial charge in [0.1, 0.15) is 11.3 Å². The molecule has 0 radical (unpaired) electrons. The maximum atomic E-state index is 10.5. The van der Waals surface area contributed by atoms with Crippen LogP contribution in [0.4, 0.5) is 5.82 Å². The van der Waals surface area contributed by atoms with Gasteiger partial charge in [0.2, 0.25) is 0 Å². The van der Waals surface area contributed by atoms with Crippen molar-refractivity contribution in [3.8, 4) is 0 Å². The molecule has 1 saturated carbocycles. The third-order valence-corrected chi connectivity index (χ3v) is 4.15. The van der Waals surface area contributed by atoms with Crippen molar-refractivity contribution in [3.05, 3.63) is 60.4 Å². The number of aliphatic hydroxyl groups excluding tert-OH is 1. The summed E-state index contributed by atoms with van der Waals surface area (Å²) < 4.78 is 0. The monoisotopic (exact) mass is 306 g/mol.